The van der Waals surface area contributed by atoms with Gasteiger partial charge in [-0.25, -0.2) is 9.36 Å². The zero-order valence-corrected chi connectivity index (χ0v) is 12.1. The van der Waals surface area contributed by atoms with E-state index in [-0.39, 0.29) is 17.0 Å². The van der Waals surface area contributed by atoms with E-state index in [1.165, 1.54) is 5.56 Å². The Morgan fingerprint density at radius 3 is 2.26 bits per heavy atom. The van der Waals surface area contributed by atoms with Crippen molar-refractivity contribution < 1.29 is 31.4 Å². The van der Waals surface area contributed by atoms with Gasteiger partial charge in [-0.05, 0) is 12.0 Å². The Morgan fingerprint density at radius 1 is 1.05 bits per heavy atom. The van der Waals surface area contributed by atoms with Crippen molar-refractivity contribution in [2.75, 3.05) is 0 Å². The standard InChI is InChI=1S/C15H15NO2.BrH/c17-15(18)14-8-11-16(12-9-14)10-4-7-13-5-2-1-3-6-13;/h1-3,5-6,8-9,11-12H,4,7,10H2;1H. The fourth-order valence-electron chi connectivity index (χ4n) is 1.86. The Hall–Kier alpha value is -1.68. The van der Waals surface area contributed by atoms with Crippen LogP contribution in [0.1, 0.15) is 22.3 Å². The van der Waals surface area contributed by atoms with E-state index in [0.29, 0.717) is 5.56 Å². The maximum atomic E-state index is 10.7. The van der Waals surface area contributed by atoms with Crippen LogP contribution in [0.25, 0.3) is 0 Å². The molecule has 0 saturated carbocycles. The highest BCUT2D eigenvalue weighted by Crippen LogP contribution is 2.02. The van der Waals surface area contributed by atoms with Crippen molar-refractivity contribution >= 4 is 5.97 Å². The summed E-state index contributed by atoms with van der Waals surface area (Å²) in [5.74, 6) is -0.883. The first-order valence-corrected chi connectivity index (χ1v) is 6.02. The molecule has 0 aliphatic carbocycles. The number of halogens is 1. The third-order valence-electron chi connectivity index (χ3n) is 2.86. The monoisotopic (exact) mass is 321 g/mol. The molecule has 3 nitrogen and oxygen atoms in total. The van der Waals surface area contributed by atoms with Gasteiger partial charge in [0.1, 0.15) is 6.54 Å². The fourth-order valence-corrected chi connectivity index (χ4v) is 1.86. The molecule has 1 aromatic carbocycles. The normalized spacial score (nSPS) is 9.68. The minimum Gasteiger partial charge on any atom is -1.00 e. The van der Waals surface area contributed by atoms with Gasteiger partial charge in [0.15, 0.2) is 12.4 Å². The minimum absolute atomic E-state index is 0. The van der Waals surface area contributed by atoms with Gasteiger partial charge >= 0.3 is 5.97 Å². The Bertz CT molecular complexity index is 511. The third kappa shape index (κ3) is 4.83. The van der Waals surface area contributed by atoms with E-state index in [1.54, 1.807) is 12.1 Å². The fraction of sp³-hybridized carbons (Fsp3) is 0.200. The number of nitrogens with zero attached hydrogens (tertiary/aromatic N) is 1. The number of carboxylic acids is 1. The average Bonchev–Trinajstić information content (AvgIpc) is 2.40. The molecule has 1 N–H and O–H groups in total. The van der Waals surface area contributed by atoms with Gasteiger partial charge in [-0.1, -0.05) is 30.3 Å². The Morgan fingerprint density at radius 2 is 1.68 bits per heavy atom. The number of aromatic carboxylic acids is 1. The molecule has 0 radical (unpaired) electrons. The summed E-state index contributed by atoms with van der Waals surface area (Å²) in [6.45, 7) is 0.898. The van der Waals surface area contributed by atoms with E-state index >= 15 is 0 Å². The van der Waals surface area contributed by atoms with Gasteiger partial charge in [0.25, 0.3) is 0 Å². The number of rotatable bonds is 5. The molecule has 0 aliphatic heterocycles. The lowest BCUT2D eigenvalue weighted by Gasteiger charge is -1.99. The highest BCUT2D eigenvalue weighted by atomic mass is 79.9. The molecule has 0 amide bonds. The third-order valence-corrected chi connectivity index (χ3v) is 2.86. The van der Waals surface area contributed by atoms with Crippen LogP contribution in [0.4, 0.5) is 0 Å². The summed E-state index contributed by atoms with van der Waals surface area (Å²) in [7, 11) is 0. The zero-order chi connectivity index (χ0) is 12.8. The van der Waals surface area contributed by atoms with Crippen LogP contribution < -0.4 is 21.5 Å². The highest BCUT2D eigenvalue weighted by Gasteiger charge is 2.05. The van der Waals surface area contributed by atoms with E-state index in [0.717, 1.165) is 19.4 Å². The molecule has 0 spiro atoms. The summed E-state index contributed by atoms with van der Waals surface area (Å²) < 4.78 is 2.01. The lowest BCUT2D eigenvalue weighted by molar-refractivity contribution is -0.697. The van der Waals surface area contributed by atoms with Crippen LogP contribution in [-0.4, -0.2) is 11.1 Å². The minimum atomic E-state index is -0.883. The average molecular weight is 322 g/mol. The number of aromatic nitrogens is 1. The number of pyridine rings is 1. The highest BCUT2D eigenvalue weighted by molar-refractivity contribution is 5.87. The summed E-state index contributed by atoms with van der Waals surface area (Å²) in [4.78, 5) is 10.7. The van der Waals surface area contributed by atoms with Crippen LogP contribution in [0, 0.1) is 0 Å². The van der Waals surface area contributed by atoms with Gasteiger partial charge in [0.05, 0.1) is 5.56 Å². The number of benzene rings is 1. The first kappa shape index (κ1) is 15.4. The van der Waals surface area contributed by atoms with Crippen molar-refractivity contribution in [1.29, 1.82) is 0 Å². The van der Waals surface area contributed by atoms with E-state index in [9.17, 15) is 4.79 Å². The molecule has 100 valence electrons. The maximum Gasteiger partial charge on any atom is 0.336 e. The smallest absolute Gasteiger partial charge is 0.336 e. The second-order valence-corrected chi connectivity index (χ2v) is 4.22. The largest absolute Gasteiger partial charge is 1.00 e. The van der Waals surface area contributed by atoms with Gasteiger partial charge in [0, 0.05) is 18.6 Å². The molecule has 1 heterocycles. The summed E-state index contributed by atoms with van der Waals surface area (Å²) in [5.41, 5.74) is 1.66. The molecular weight excluding hydrogens is 306 g/mol. The van der Waals surface area contributed by atoms with Crippen molar-refractivity contribution in [1.82, 2.24) is 0 Å². The number of carboxylic acid groups (broad SMARTS) is 1. The molecular formula is C15H16BrNO2. The predicted molar refractivity (Wildman–Crippen MR) is 68.4 cm³/mol. The van der Waals surface area contributed by atoms with Crippen LogP contribution in [0.3, 0.4) is 0 Å². The molecule has 4 heteroatoms. The molecule has 0 bridgehead atoms. The number of aryl methyl sites for hydroxylation is 2. The summed E-state index contributed by atoms with van der Waals surface area (Å²) in [6.07, 6.45) is 5.71. The van der Waals surface area contributed by atoms with Gasteiger partial charge in [-0.3, -0.25) is 0 Å². The molecule has 0 unspecified atom stereocenters. The summed E-state index contributed by atoms with van der Waals surface area (Å²) in [5, 5.41) is 8.79. The van der Waals surface area contributed by atoms with Crippen molar-refractivity contribution in [3.05, 3.63) is 66.0 Å². The van der Waals surface area contributed by atoms with Gasteiger partial charge in [-0.15, -0.1) is 0 Å². The lowest BCUT2D eigenvalue weighted by atomic mass is 10.1. The van der Waals surface area contributed by atoms with Crippen LogP contribution in [0.15, 0.2) is 54.9 Å². The van der Waals surface area contributed by atoms with E-state index in [1.807, 2.05) is 35.2 Å². The molecule has 0 saturated heterocycles. The number of hydrogen-bond donors (Lipinski definition) is 1. The van der Waals surface area contributed by atoms with Crippen molar-refractivity contribution in [3.8, 4) is 0 Å². The molecule has 0 aliphatic rings. The lowest BCUT2D eigenvalue weighted by Crippen LogP contribution is -3.00. The van der Waals surface area contributed by atoms with Gasteiger partial charge in [-0.2, -0.15) is 0 Å². The SMILES string of the molecule is O=C(O)c1cc[n+](CCCc2ccccc2)cc1.[Br-]. The van der Waals surface area contributed by atoms with Crippen LogP contribution in [-0.2, 0) is 13.0 Å². The summed E-state index contributed by atoms with van der Waals surface area (Å²) >= 11 is 0. The Labute approximate surface area is 123 Å². The first-order valence-electron chi connectivity index (χ1n) is 6.02. The topological polar surface area (TPSA) is 41.2 Å². The van der Waals surface area contributed by atoms with Crippen molar-refractivity contribution in [2.24, 2.45) is 0 Å². The predicted octanol–water partition coefficient (Wildman–Crippen LogP) is -0.691. The maximum absolute atomic E-state index is 10.7. The van der Waals surface area contributed by atoms with Crippen LogP contribution >= 0.6 is 0 Å². The Kier molecular flexibility index (Phi) is 6.22. The van der Waals surface area contributed by atoms with Crippen molar-refractivity contribution in [2.45, 2.75) is 19.4 Å². The molecule has 1 aromatic heterocycles. The van der Waals surface area contributed by atoms with Gasteiger partial charge in [0.2, 0.25) is 0 Å². The molecule has 2 rings (SSSR count). The molecule has 2 aromatic rings. The van der Waals surface area contributed by atoms with Gasteiger partial charge < -0.3 is 22.1 Å². The zero-order valence-electron chi connectivity index (χ0n) is 10.5. The quantitative estimate of drug-likeness (QED) is 0.741. The van der Waals surface area contributed by atoms with E-state index in [4.69, 9.17) is 5.11 Å². The summed E-state index contributed by atoms with van der Waals surface area (Å²) in [6, 6.07) is 13.6. The molecule has 0 fully saturated rings. The molecule has 0 atom stereocenters. The second kappa shape index (κ2) is 7.69. The van der Waals surface area contributed by atoms with E-state index < -0.39 is 5.97 Å². The Balaban J connectivity index is 0.00000180. The van der Waals surface area contributed by atoms with Crippen molar-refractivity contribution in [3.63, 3.8) is 0 Å². The molecule has 19 heavy (non-hydrogen) atoms. The first-order chi connectivity index (χ1) is 8.75. The second-order valence-electron chi connectivity index (χ2n) is 4.22. The van der Waals surface area contributed by atoms with Crippen LogP contribution in [0.2, 0.25) is 0 Å². The number of hydrogen-bond acceptors (Lipinski definition) is 1. The number of carbonyl (C=O) groups is 1. The van der Waals surface area contributed by atoms with E-state index in [2.05, 4.69) is 12.1 Å². The van der Waals surface area contributed by atoms with Crippen LogP contribution in [0.5, 0.6) is 0 Å².